The van der Waals surface area contributed by atoms with E-state index in [0.29, 0.717) is 11.1 Å². The normalized spacial score (nSPS) is 10.6. The van der Waals surface area contributed by atoms with Crippen LogP contribution in [0, 0.1) is 9.81 Å². The summed E-state index contributed by atoms with van der Waals surface area (Å²) in [4.78, 5) is 20.9. The fourth-order valence-corrected chi connectivity index (χ4v) is 2.64. The average Bonchev–Trinajstić information content (AvgIpc) is 2.51. The van der Waals surface area contributed by atoms with E-state index >= 15 is 0 Å². The number of nitrogens with zero attached hydrogens (tertiary/aromatic N) is 2. The lowest BCUT2D eigenvalue weighted by Crippen LogP contribution is -1.95. The molecule has 0 fully saturated rings. The third kappa shape index (κ3) is 6.33. The summed E-state index contributed by atoms with van der Waals surface area (Å²) in [5.41, 5.74) is 1.99. The minimum atomic E-state index is -0.0808. The fourth-order valence-electron chi connectivity index (χ4n) is 2.64. The highest BCUT2D eigenvalue weighted by Crippen LogP contribution is 2.27. The summed E-state index contributed by atoms with van der Waals surface area (Å²) in [7, 11) is 0. The van der Waals surface area contributed by atoms with E-state index in [-0.39, 0.29) is 18.8 Å². The van der Waals surface area contributed by atoms with E-state index in [4.69, 9.17) is 0 Å². The predicted octanol–water partition coefficient (Wildman–Crippen LogP) is 5.22. The van der Waals surface area contributed by atoms with Crippen molar-refractivity contribution < 1.29 is 5.11 Å². The van der Waals surface area contributed by atoms with Crippen LogP contribution in [-0.2, 0) is 19.5 Å². The highest BCUT2D eigenvalue weighted by Gasteiger charge is 2.10. The maximum atomic E-state index is 10.4. The standard InChI is InChI=1S/C17H26N2O3/c1-2-3-4-5-6-7-8-9-14-10-15(12-18-21)17(20)16(11-14)13-19-22/h10-11,20H,2-9,12-13H2,1H3. The van der Waals surface area contributed by atoms with Crippen molar-refractivity contribution in [3.8, 4) is 5.75 Å². The number of benzene rings is 1. The van der Waals surface area contributed by atoms with Crippen molar-refractivity contribution in [1.82, 2.24) is 0 Å². The molecule has 1 aromatic rings. The van der Waals surface area contributed by atoms with E-state index in [2.05, 4.69) is 17.3 Å². The molecule has 0 aromatic heterocycles. The number of phenols is 1. The molecule has 22 heavy (non-hydrogen) atoms. The minimum absolute atomic E-state index is 0.0254. The number of nitroso groups, excluding NO2 is 2. The lowest BCUT2D eigenvalue weighted by atomic mass is 9.99. The first-order chi connectivity index (χ1) is 10.7. The van der Waals surface area contributed by atoms with Crippen LogP contribution in [-0.4, -0.2) is 5.11 Å². The molecule has 0 aliphatic heterocycles. The molecule has 0 aliphatic carbocycles. The van der Waals surface area contributed by atoms with Crippen LogP contribution in [0.4, 0.5) is 0 Å². The lowest BCUT2D eigenvalue weighted by Gasteiger charge is -2.10. The van der Waals surface area contributed by atoms with Gasteiger partial charge in [-0.1, -0.05) is 67.9 Å². The quantitative estimate of drug-likeness (QED) is 0.425. The molecular formula is C17H26N2O3. The van der Waals surface area contributed by atoms with E-state index in [9.17, 15) is 14.9 Å². The van der Waals surface area contributed by atoms with Gasteiger partial charge in [-0.25, -0.2) is 0 Å². The van der Waals surface area contributed by atoms with Crippen LogP contribution < -0.4 is 0 Å². The molecular weight excluding hydrogens is 280 g/mol. The Morgan fingerprint density at radius 2 is 1.36 bits per heavy atom. The van der Waals surface area contributed by atoms with E-state index in [0.717, 1.165) is 18.4 Å². The molecule has 5 nitrogen and oxygen atoms in total. The maximum Gasteiger partial charge on any atom is 0.125 e. The Bertz CT molecular complexity index is 444. The highest BCUT2D eigenvalue weighted by atomic mass is 16.3. The van der Waals surface area contributed by atoms with Crippen molar-refractivity contribution in [3.63, 3.8) is 0 Å². The van der Waals surface area contributed by atoms with Crippen molar-refractivity contribution >= 4 is 0 Å². The van der Waals surface area contributed by atoms with Gasteiger partial charge < -0.3 is 5.11 Å². The van der Waals surface area contributed by atoms with Crippen molar-refractivity contribution in [3.05, 3.63) is 38.6 Å². The third-order valence-electron chi connectivity index (χ3n) is 3.87. The summed E-state index contributed by atoms with van der Waals surface area (Å²) in [5.74, 6) is -0.0254. The van der Waals surface area contributed by atoms with E-state index in [1.165, 1.54) is 38.5 Å². The third-order valence-corrected chi connectivity index (χ3v) is 3.87. The molecule has 0 bridgehead atoms. The van der Waals surface area contributed by atoms with Gasteiger partial charge in [0.1, 0.15) is 18.8 Å². The highest BCUT2D eigenvalue weighted by molar-refractivity contribution is 5.44. The minimum Gasteiger partial charge on any atom is -0.507 e. The molecule has 0 unspecified atom stereocenters. The first kappa shape index (κ1) is 18.3. The van der Waals surface area contributed by atoms with Crippen LogP contribution in [0.15, 0.2) is 22.5 Å². The zero-order valence-corrected chi connectivity index (χ0v) is 13.4. The fraction of sp³-hybridized carbons (Fsp3) is 0.647. The number of unbranched alkanes of at least 4 members (excludes halogenated alkanes) is 6. The van der Waals surface area contributed by atoms with Crippen LogP contribution in [0.2, 0.25) is 0 Å². The summed E-state index contributed by atoms with van der Waals surface area (Å²) in [6.45, 7) is 2.05. The van der Waals surface area contributed by atoms with Crippen LogP contribution in [0.5, 0.6) is 5.75 Å². The molecule has 0 saturated carbocycles. The van der Waals surface area contributed by atoms with Crippen molar-refractivity contribution in [2.75, 3.05) is 0 Å². The topological polar surface area (TPSA) is 79.1 Å². The molecule has 0 heterocycles. The molecule has 0 radical (unpaired) electrons. The van der Waals surface area contributed by atoms with E-state index in [1.54, 1.807) is 0 Å². The number of phenolic OH excluding ortho intramolecular Hbond substituents is 1. The van der Waals surface area contributed by atoms with Crippen LogP contribution in [0.1, 0.15) is 68.6 Å². The number of hydrogen-bond donors (Lipinski definition) is 1. The second-order valence-corrected chi connectivity index (χ2v) is 5.71. The zero-order chi connectivity index (χ0) is 16.2. The van der Waals surface area contributed by atoms with Gasteiger partial charge >= 0.3 is 0 Å². The SMILES string of the molecule is CCCCCCCCCc1cc(CN=O)c(O)c(CN=O)c1. The largest absolute Gasteiger partial charge is 0.507 e. The Kier molecular flexibility index (Phi) is 9.03. The monoisotopic (exact) mass is 306 g/mol. The molecule has 0 saturated heterocycles. The van der Waals surface area contributed by atoms with Gasteiger partial charge in [0.05, 0.1) is 0 Å². The van der Waals surface area contributed by atoms with E-state index in [1.807, 2.05) is 12.1 Å². The molecule has 1 rings (SSSR count). The molecule has 0 atom stereocenters. The zero-order valence-electron chi connectivity index (χ0n) is 13.4. The van der Waals surface area contributed by atoms with Gasteiger partial charge in [-0.15, -0.1) is 0 Å². The molecule has 1 aromatic carbocycles. The van der Waals surface area contributed by atoms with Gasteiger partial charge in [-0.3, -0.25) is 0 Å². The Hall–Kier alpha value is -1.78. The molecule has 0 aliphatic rings. The second-order valence-electron chi connectivity index (χ2n) is 5.71. The Balaban J connectivity index is 2.54. The Labute approximate surface area is 132 Å². The molecule has 0 spiro atoms. The van der Waals surface area contributed by atoms with Gasteiger partial charge in [0.25, 0.3) is 0 Å². The smallest absolute Gasteiger partial charge is 0.125 e. The second kappa shape index (κ2) is 10.9. The molecule has 1 N–H and O–H groups in total. The van der Waals surface area contributed by atoms with Gasteiger partial charge in [0.15, 0.2) is 0 Å². The lowest BCUT2D eigenvalue weighted by molar-refractivity contribution is 0.461. The predicted molar refractivity (Wildman–Crippen MR) is 88.8 cm³/mol. The Morgan fingerprint density at radius 1 is 0.864 bits per heavy atom. The first-order valence-corrected chi connectivity index (χ1v) is 8.14. The van der Waals surface area contributed by atoms with Crippen LogP contribution in [0.3, 0.4) is 0 Å². The molecule has 0 amide bonds. The Morgan fingerprint density at radius 3 is 1.86 bits per heavy atom. The van der Waals surface area contributed by atoms with Crippen molar-refractivity contribution in [1.29, 1.82) is 0 Å². The summed E-state index contributed by atoms with van der Waals surface area (Å²) in [5, 5.41) is 15.6. The molecule has 5 heteroatoms. The van der Waals surface area contributed by atoms with Gasteiger partial charge in [0.2, 0.25) is 0 Å². The summed E-state index contributed by atoms with van der Waals surface area (Å²) < 4.78 is 0. The molecule has 122 valence electrons. The number of aryl methyl sites for hydroxylation is 1. The van der Waals surface area contributed by atoms with Gasteiger partial charge in [0, 0.05) is 11.1 Å². The number of hydrogen-bond acceptors (Lipinski definition) is 5. The first-order valence-electron chi connectivity index (χ1n) is 8.14. The van der Waals surface area contributed by atoms with Crippen molar-refractivity contribution in [2.24, 2.45) is 10.4 Å². The van der Waals surface area contributed by atoms with Crippen LogP contribution >= 0.6 is 0 Å². The maximum absolute atomic E-state index is 10.4. The van der Waals surface area contributed by atoms with Crippen molar-refractivity contribution in [2.45, 2.75) is 71.4 Å². The number of rotatable bonds is 12. The summed E-state index contributed by atoms with van der Waals surface area (Å²) in [6.07, 6.45) is 9.52. The summed E-state index contributed by atoms with van der Waals surface area (Å²) in [6, 6.07) is 3.62. The van der Waals surface area contributed by atoms with E-state index < -0.39 is 0 Å². The van der Waals surface area contributed by atoms with Gasteiger partial charge in [-0.2, -0.15) is 9.81 Å². The van der Waals surface area contributed by atoms with Gasteiger partial charge in [-0.05, 0) is 18.4 Å². The number of aromatic hydroxyl groups is 1. The average molecular weight is 306 g/mol. The van der Waals surface area contributed by atoms with Crippen LogP contribution in [0.25, 0.3) is 0 Å². The summed E-state index contributed by atoms with van der Waals surface area (Å²) >= 11 is 0.